The molecule has 0 spiro atoms. The van der Waals surface area contributed by atoms with Crippen LogP contribution in [0.3, 0.4) is 0 Å². The highest BCUT2D eigenvalue weighted by molar-refractivity contribution is 5.90. The quantitative estimate of drug-likeness (QED) is 0.798. The molecule has 0 aliphatic heterocycles. The molecule has 0 atom stereocenters. The number of nitrogens with zero attached hydrogens (tertiary/aromatic N) is 2. The highest BCUT2D eigenvalue weighted by atomic mass is 16.5. The number of aromatic nitrogens is 2. The first-order chi connectivity index (χ1) is 10.6. The average Bonchev–Trinajstić information content (AvgIpc) is 2.53. The highest BCUT2D eigenvalue weighted by Gasteiger charge is 2.06. The van der Waals surface area contributed by atoms with Gasteiger partial charge in [0, 0.05) is 18.4 Å². The van der Waals surface area contributed by atoms with Gasteiger partial charge >= 0.3 is 5.97 Å². The fourth-order valence-corrected chi connectivity index (χ4v) is 1.80. The van der Waals surface area contributed by atoms with E-state index in [4.69, 9.17) is 4.74 Å². The van der Waals surface area contributed by atoms with E-state index in [-0.39, 0.29) is 5.97 Å². The zero-order valence-corrected chi connectivity index (χ0v) is 13.0. The zero-order chi connectivity index (χ0) is 15.9. The summed E-state index contributed by atoms with van der Waals surface area (Å²) < 4.78 is 4.71. The van der Waals surface area contributed by atoms with Crippen LogP contribution in [0.1, 0.15) is 24.2 Å². The predicted octanol–water partition coefficient (Wildman–Crippen LogP) is 3.07. The van der Waals surface area contributed by atoms with Crippen LogP contribution in [0.15, 0.2) is 36.5 Å². The van der Waals surface area contributed by atoms with Crippen molar-refractivity contribution < 1.29 is 9.53 Å². The fraction of sp³-hybridized carbons (Fsp3) is 0.312. The van der Waals surface area contributed by atoms with Crippen molar-refractivity contribution in [3.63, 3.8) is 0 Å². The number of ether oxygens (including phenoxy) is 1. The van der Waals surface area contributed by atoms with E-state index in [0.29, 0.717) is 17.4 Å². The smallest absolute Gasteiger partial charge is 0.337 e. The molecule has 22 heavy (non-hydrogen) atoms. The van der Waals surface area contributed by atoms with Gasteiger partial charge in [0.1, 0.15) is 5.82 Å². The lowest BCUT2D eigenvalue weighted by Gasteiger charge is -2.10. The molecule has 0 aliphatic rings. The van der Waals surface area contributed by atoms with E-state index >= 15 is 0 Å². The number of methoxy groups -OCH3 is 1. The van der Waals surface area contributed by atoms with Crippen molar-refractivity contribution in [2.45, 2.75) is 13.8 Å². The van der Waals surface area contributed by atoms with Crippen molar-refractivity contribution >= 4 is 23.4 Å². The number of hydrogen-bond acceptors (Lipinski definition) is 6. The van der Waals surface area contributed by atoms with Crippen molar-refractivity contribution in [1.29, 1.82) is 0 Å². The Morgan fingerprint density at radius 1 is 1.32 bits per heavy atom. The molecule has 0 radical (unpaired) electrons. The minimum Gasteiger partial charge on any atom is -0.465 e. The van der Waals surface area contributed by atoms with Gasteiger partial charge in [-0.3, -0.25) is 0 Å². The Morgan fingerprint density at radius 3 is 2.86 bits per heavy atom. The number of anilines is 3. The second-order valence-electron chi connectivity index (χ2n) is 5.24. The average molecular weight is 300 g/mol. The molecule has 0 amide bonds. The van der Waals surface area contributed by atoms with E-state index in [0.717, 1.165) is 18.1 Å². The third kappa shape index (κ3) is 4.44. The first kappa shape index (κ1) is 15.8. The summed E-state index contributed by atoms with van der Waals surface area (Å²) in [5.41, 5.74) is 1.20. The Morgan fingerprint density at radius 2 is 2.14 bits per heavy atom. The summed E-state index contributed by atoms with van der Waals surface area (Å²) in [4.78, 5) is 20.1. The van der Waals surface area contributed by atoms with Crippen LogP contribution in [0.4, 0.5) is 17.5 Å². The molecule has 2 N–H and O–H groups in total. The van der Waals surface area contributed by atoms with Crippen LogP contribution in [-0.4, -0.2) is 29.6 Å². The Kier molecular flexibility index (Phi) is 5.30. The lowest BCUT2D eigenvalue weighted by molar-refractivity contribution is 0.0601. The minimum absolute atomic E-state index is 0.378. The Bertz CT molecular complexity index is 644. The molecular formula is C16H20N4O2. The number of carbonyl (C=O) groups excluding carboxylic acids is 1. The molecule has 1 aromatic carbocycles. The van der Waals surface area contributed by atoms with Crippen molar-refractivity contribution in [1.82, 2.24) is 9.97 Å². The molecule has 2 rings (SSSR count). The van der Waals surface area contributed by atoms with Crippen LogP contribution in [0, 0.1) is 5.92 Å². The van der Waals surface area contributed by atoms with Gasteiger partial charge in [0.25, 0.3) is 0 Å². The lowest BCUT2D eigenvalue weighted by Crippen LogP contribution is -2.10. The van der Waals surface area contributed by atoms with Crippen molar-refractivity contribution in [3.05, 3.63) is 42.1 Å². The van der Waals surface area contributed by atoms with Gasteiger partial charge in [0.15, 0.2) is 0 Å². The Labute approximate surface area is 129 Å². The SMILES string of the molecule is COC(=O)c1cccc(Nc2nccc(NCC(C)C)n2)c1. The van der Waals surface area contributed by atoms with Gasteiger partial charge in [0.05, 0.1) is 12.7 Å². The summed E-state index contributed by atoms with van der Waals surface area (Å²) in [6, 6.07) is 8.82. The monoisotopic (exact) mass is 300 g/mol. The zero-order valence-electron chi connectivity index (χ0n) is 13.0. The maximum absolute atomic E-state index is 11.5. The third-order valence-corrected chi connectivity index (χ3v) is 2.89. The highest BCUT2D eigenvalue weighted by Crippen LogP contribution is 2.16. The predicted molar refractivity (Wildman–Crippen MR) is 86.4 cm³/mol. The van der Waals surface area contributed by atoms with Crippen molar-refractivity contribution in [3.8, 4) is 0 Å². The van der Waals surface area contributed by atoms with Gasteiger partial charge in [0.2, 0.25) is 5.95 Å². The molecular weight excluding hydrogens is 280 g/mol. The molecule has 0 saturated carbocycles. The number of benzene rings is 1. The molecule has 1 heterocycles. The molecule has 1 aromatic heterocycles. The number of nitrogens with one attached hydrogen (secondary N) is 2. The molecule has 0 fully saturated rings. The number of esters is 1. The van der Waals surface area contributed by atoms with E-state index in [9.17, 15) is 4.79 Å². The third-order valence-electron chi connectivity index (χ3n) is 2.89. The van der Waals surface area contributed by atoms with E-state index in [1.54, 1.807) is 24.4 Å². The van der Waals surface area contributed by atoms with Gasteiger partial charge in [-0.1, -0.05) is 19.9 Å². The van der Waals surface area contributed by atoms with E-state index in [1.807, 2.05) is 12.1 Å². The van der Waals surface area contributed by atoms with Crippen molar-refractivity contribution in [2.75, 3.05) is 24.3 Å². The summed E-state index contributed by atoms with van der Waals surface area (Å²) in [7, 11) is 1.36. The first-order valence-electron chi connectivity index (χ1n) is 7.11. The molecule has 0 bridgehead atoms. The fourth-order valence-electron chi connectivity index (χ4n) is 1.80. The lowest BCUT2D eigenvalue weighted by atomic mass is 10.2. The van der Waals surface area contributed by atoms with E-state index in [1.165, 1.54) is 7.11 Å². The second-order valence-corrected chi connectivity index (χ2v) is 5.24. The molecule has 116 valence electrons. The largest absolute Gasteiger partial charge is 0.465 e. The van der Waals surface area contributed by atoms with Crippen LogP contribution < -0.4 is 10.6 Å². The minimum atomic E-state index is -0.378. The standard InChI is InChI=1S/C16H20N4O2/c1-11(2)10-18-14-7-8-17-16(20-14)19-13-6-4-5-12(9-13)15(21)22-3/h4-9,11H,10H2,1-3H3,(H2,17,18,19,20). The summed E-state index contributed by atoms with van der Waals surface area (Å²) in [6.07, 6.45) is 1.68. The van der Waals surface area contributed by atoms with Gasteiger partial charge in [-0.05, 0) is 30.2 Å². The molecule has 2 aromatic rings. The van der Waals surface area contributed by atoms with E-state index in [2.05, 4.69) is 34.4 Å². The first-order valence-corrected chi connectivity index (χ1v) is 7.11. The van der Waals surface area contributed by atoms with Crippen LogP contribution in [0.25, 0.3) is 0 Å². The maximum Gasteiger partial charge on any atom is 0.337 e. The molecule has 6 nitrogen and oxygen atoms in total. The van der Waals surface area contributed by atoms with Crippen LogP contribution >= 0.6 is 0 Å². The summed E-state index contributed by atoms with van der Waals surface area (Å²) in [5.74, 6) is 1.38. The molecule has 6 heteroatoms. The van der Waals surface area contributed by atoms with Crippen LogP contribution in [0.2, 0.25) is 0 Å². The van der Waals surface area contributed by atoms with Gasteiger partial charge in [-0.25, -0.2) is 9.78 Å². The van der Waals surface area contributed by atoms with Gasteiger partial charge in [-0.15, -0.1) is 0 Å². The topological polar surface area (TPSA) is 76.1 Å². The Balaban J connectivity index is 2.10. The van der Waals surface area contributed by atoms with Crippen molar-refractivity contribution in [2.24, 2.45) is 5.92 Å². The summed E-state index contributed by atoms with van der Waals surface area (Å²) in [5, 5.41) is 6.33. The normalized spacial score (nSPS) is 10.4. The van der Waals surface area contributed by atoms with Gasteiger partial charge < -0.3 is 15.4 Å². The van der Waals surface area contributed by atoms with Gasteiger partial charge in [-0.2, -0.15) is 4.98 Å². The summed E-state index contributed by atoms with van der Waals surface area (Å²) >= 11 is 0. The second kappa shape index (κ2) is 7.40. The summed E-state index contributed by atoms with van der Waals surface area (Å²) in [6.45, 7) is 5.10. The number of carbonyl (C=O) groups is 1. The van der Waals surface area contributed by atoms with E-state index < -0.39 is 0 Å². The Hall–Kier alpha value is -2.63. The number of rotatable bonds is 6. The number of hydrogen-bond donors (Lipinski definition) is 2. The molecule has 0 unspecified atom stereocenters. The molecule has 0 saturated heterocycles. The van der Waals surface area contributed by atoms with Crippen LogP contribution in [-0.2, 0) is 4.74 Å². The maximum atomic E-state index is 11.5. The molecule has 0 aliphatic carbocycles. The van der Waals surface area contributed by atoms with Crippen LogP contribution in [0.5, 0.6) is 0 Å².